The van der Waals surface area contributed by atoms with Crippen LogP contribution in [0, 0.1) is 23.3 Å². The minimum absolute atomic E-state index is 0.371. The van der Waals surface area contributed by atoms with Crippen LogP contribution in [0.5, 0.6) is 5.75 Å². The molecule has 0 N–H and O–H groups in total. The molecule has 5 heteroatoms. The second kappa shape index (κ2) is 8.41. The Morgan fingerprint density at radius 2 is 1.20 bits per heavy atom. The third-order valence-corrected chi connectivity index (χ3v) is 5.28. The van der Waals surface area contributed by atoms with Gasteiger partial charge in [-0.15, -0.1) is 0 Å². The summed E-state index contributed by atoms with van der Waals surface area (Å²) in [7, 11) is 0. The lowest BCUT2D eigenvalue weighted by Crippen LogP contribution is -2.33. The Balaban J connectivity index is 3.54. The zero-order valence-corrected chi connectivity index (χ0v) is 16.2. The van der Waals surface area contributed by atoms with Crippen LogP contribution in [0.1, 0.15) is 85.6 Å². The Labute approximate surface area is 148 Å². The number of benzene rings is 1. The normalized spacial score (nSPS) is 16.4. The third-order valence-electron chi connectivity index (χ3n) is 5.28. The molecule has 2 atom stereocenters. The van der Waals surface area contributed by atoms with Gasteiger partial charge in [0.1, 0.15) is 5.60 Å². The molecule has 0 bridgehead atoms. The molecule has 0 aliphatic rings. The second-order valence-electron chi connectivity index (χ2n) is 7.28. The van der Waals surface area contributed by atoms with Gasteiger partial charge in [-0.25, -0.2) is 8.78 Å². The van der Waals surface area contributed by atoms with Gasteiger partial charge < -0.3 is 4.74 Å². The van der Waals surface area contributed by atoms with Crippen molar-refractivity contribution < 1.29 is 22.3 Å². The number of rotatable bonds is 9. The van der Waals surface area contributed by atoms with Crippen LogP contribution in [0.15, 0.2) is 0 Å². The monoisotopic (exact) mass is 362 g/mol. The molecule has 0 saturated heterocycles. The molecule has 1 rings (SSSR count). The molecule has 0 spiro atoms. The highest BCUT2D eigenvalue weighted by Gasteiger charge is 2.38. The van der Waals surface area contributed by atoms with E-state index in [9.17, 15) is 17.6 Å². The van der Waals surface area contributed by atoms with E-state index in [0.717, 1.165) is 6.42 Å². The maximum absolute atomic E-state index is 14.7. The van der Waals surface area contributed by atoms with Gasteiger partial charge in [-0.05, 0) is 38.0 Å². The SMILES string of the molecule is CCCC(C)(CC)Oc1c(F)c(F)c(C(C)(CC)CCC)c(F)c1F. The van der Waals surface area contributed by atoms with E-state index >= 15 is 0 Å². The summed E-state index contributed by atoms with van der Waals surface area (Å²) in [6.07, 6.45) is 3.16. The van der Waals surface area contributed by atoms with Gasteiger partial charge in [-0.3, -0.25) is 0 Å². The van der Waals surface area contributed by atoms with Crippen LogP contribution in [0.2, 0.25) is 0 Å². The number of halogens is 4. The average Bonchev–Trinajstić information content (AvgIpc) is 2.57. The van der Waals surface area contributed by atoms with Crippen LogP contribution in [-0.4, -0.2) is 5.60 Å². The molecule has 0 aromatic heterocycles. The Morgan fingerprint density at radius 1 is 0.720 bits per heavy atom. The van der Waals surface area contributed by atoms with E-state index in [1.807, 2.05) is 20.8 Å². The van der Waals surface area contributed by atoms with Crippen LogP contribution in [-0.2, 0) is 5.41 Å². The van der Waals surface area contributed by atoms with Crippen LogP contribution in [0.4, 0.5) is 17.6 Å². The van der Waals surface area contributed by atoms with Crippen molar-refractivity contribution in [3.8, 4) is 5.75 Å². The molecule has 0 aliphatic carbocycles. The molecule has 0 radical (unpaired) electrons. The molecule has 0 heterocycles. The number of ether oxygens (including phenoxy) is 1. The van der Waals surface area contributed by atoms with E-state index in [0.29, 0.717) is 32.1 Å². The fourth-order valence-corrected chi connectivity index (χ4v) is 3.34. The molecule has 0 aliphatic heterocycles. The minimum atomic E-state index is -1.44. The van der Waals surface area contributed by atoms with Crippen LogP contribution in [0.3, 0.4) is 0 Å². The third kappa shape index (κ3) is 4.29. The van der Waals surface area contributed by atoms with Gasteiger partial charge in [0.25, 0.3) is 0 Å². The number of hydrogen-bond donors (Lipinski definition) is 0. The molecule has 0 fully saturated rings. The largest absolute Gasteiger partial charge is 0.481 e. The molecular formula is C20H30F4O. The lowest BCUT2D eigenvalue weighted by atomic mass is 9.75. The van der Waals surface area contributed by atoms with E-state index in [4.69, 9.17) is 4.74 Å². The standard InChI is InChI=1S/C20H30F4O/c1-7-11-19(5,9-3)13-14(21)16(23)18(17(24)15(13)22)25-20(6,10-4)12-8-2/h7-12H2,1-6H3. The lowest BCUT2D eigenvalue weighted by Gasteiger charge is -2.32. The molecular weight excluding hydrogens is 332 g/mol. The Kier molecular flexibility index (Phi) is 7.33. The smallest absolute Gasteiger partial charge is 0.204 e. The summed E-state index contributed by atoms with van der Waals surface area (Å²) in [5.74, 6) is -6.53. The van der Waals surface area contributed by atoms with Crippen molar-refractivity contribution in [3.63, 3.8) is 0 Å². The molecule has 0 amide bonds. The molecule has 1 aromatic carbocycles. The van der Waals surface area contributed by atoms with E-state index in [1.165, 1.54) is 0 Å². The van der Waals surface area contributed by atoms with E-state index < -0.39 is 45.6 Å². The summed E-state index contributed by atoms with van der Waals surface area (Å²) in [6, 6.07) is 0. The van der Waals surface area contributed by atoms with E-state index in [1.54, 1.807) is 20.8 Å². The first-order valence-corrected chi connectivity index (χ1v) is 9.16. The average molecular weight is 362 g/mol. The van der Waals surface area contributed by atoms with E-state index in [2.05, 4.69) is 0 Å². The van der Waals surface area contributed by atoms with Crippen molar-refractivity contribution in [3.05, 3.63) is 28.8 Å². The Morgan fingerprint density at radius 3 is 1.56 bits per heavy atom. The van der Waals surface area contributed by atoms with Gasteiger partial charge >= 0.3 is 0 Å². The van der Waals surface area contributed by atoms with Crippen molar-refractivity contribution in [2.45, 2.75) is 91.1 Å². The highest BCUT2D eigenvalue weighted by molar-refractivity contribution is 5.38. The first-order chi connectivity index (χ1) is 11.6. The Bertz CT molecular complexity index is 573. The van der Waals surface area contributed by atoms with Crippen LogP contribution >= 0.6 is 0 Å². The van der Waals surface area contributed by atoms with Gasteiger partial charge in [0.2, 0.25) is 11.6 Å². The first kappa shape index (κ1) is 21.8. The summed E-state index contributed by atoms with van der Waals surface area (Å²) in [4.78, 5) is 0. The zero-order valence-electron chi connectivity index (χ0n) is 16.2. The Hall–Kier alpha value is -1.26. The van der Waals surface area contributed by atoms with Crippen molar-refractivity contribution in [1.82, 2.24) is 0 Å². The van der Waals surface area contributed by atoms with Crippen molar-refractivity contribution in [2.75, 3.05) is 0 Å². The van der Waals surface area contributed by atoms with Crippen molar-refractivity contribution in [2.24, 2.45) is 0 Å². The highest BCUT2D eigenvalue weighted by atomic mass is 19.2. The van der Waals surface area contributed by atoms with Gasteiger partial charge in [0.15, 0.2) is 17.4 Å². The van der Waals surface area contributed by atoms with Crippen molar-refractivity contribution in [1.29, 1.82) is 0 Å². The summed E-state index contributed by atoms with van der Waals surface area (Å²) in [5, 5.41) is 0. The summed E-state index contributed by atoms with van der Waals surface area (Å²) in [6.45, 7) is 10.7. The lowest BCUT2D eigenvalue weighted by molar-refractivity contribution is 0.0619. The number of hydrogen-bond acceptors (Lipinski definition) is 1. The predicted octanol–water partition coefficient (Wildman–Crippen LogP) is 7.06. The van der Waals surface area contributed by atoms with Gasteiger partial charge in [0, 0.05) is 5.56 Å². The molecule has 1 nitrogen and oxygen atoms in total. The summed E-state index contributed by atoms with van der Waals surface area (Å²) in [5.41, 5.74) is -2.37. The fourth-order valence-electron chi connectivity index (χ4n) is 3.34. The molecule has 144 valence electrons. The highest BCUT2D eigenvalue weighted by Crippen LogP contribution is 2.42. The van der Waals surface area contributed by atoms with Crippen molar-refractivity contribution >= 4 is 0 Å². The maximum Gasteiger partial charge on any atom is 0.204 e. The zero-order chi connectivity index (χ0) is 19.4. The first-order valence-electron chi connectivity index (χ1n) is 9.16. The molecule has 25 heavy (non-hydrogen) atoms. The van der Waals surface area contributed by atoms with Gasteiger partial charge in [-0.2, -0.15) is 8.78 Å². The minimum Gasteiger partial charge on any atom is -0.481 e. The fraction of sp³-hybridized carbons (Fsp3) is 0.700. The van der Waals surface area contributed by atoms with Crippen LogP contribution in [0.25, 0.3) is 0 Å². The molecule has 2 unspecified atom stereocenters. The second-order valence-corrected chi connectivity index (χ2v) is 7.28. The summed E-state index contributed by atoms with van der Waals surface area (Å²) < 4.78 is 64.1. The molecule has 1 aromatic rings. The van der Waals surface area contributed by atoms with Gasteiger partial charge in [-0.1, -0.05) is 47.5 Å². The van der Waals surface area contributed by atoms with Gasteiger partial charge in [0.05, 0.1) is 0 Å². The molecule has 0 saturated carbocycles. The van der Waals surface area contributed by atoms with Crippen LogP contribution < -0.4 is 4.74 Å². The van der Waals surface area contributed by atoms with E-state index in [-0.39, 0.29) is 0 Å². The quantitative estimate of drug-likeness (QED) is 0.337. The topological polar surface area (TPSA) is 9.23 Å². The maximum atomic E-state index is 14.7. The summed E-state index contributed by atoms with van der Waals surface area (Å²) >= 11 is 0. The predicted molar refractivity (Wildman–Crippen MR) is 93.1 cm³/mol.